The van der Waals surface area contributed by atoms with E-state index in [1.807, 2.05) is 0 Å². The minimum Gasteiger partial charge on any atom is -0.384 e. The molecule has 0 aromatic carbocycles. The summed E-state index contributed by atoms with van der Waals surface area (Å²) in [7, 11) is 0. The van der Waals surface area contributed by atoms with E-state index in [1.165, 1.54) is 0 Å². The lowest BCUT2D eigenvalue weighted by atomic mass is 10.6. The Bertz CT molecular complexity index is 302. The zero-order valence-corrected chi connectivity index (χ0v) is 6.53. The average Bonchev–Trinajstić information content (AvgIpc) is 2.79. The van der Waals surface area contributed by atoms with Gasteiger partial charge in [-0.25, -0.2) is 4.68 Å². The third-order valence-corrected chi connectivity index (χ3v) is 1.86. The van der Waals surface area contributed by atoms with E-state index >= 15 is 0 Å². The van der Waals surface area contributed by atoms with Crippen LogP contribution in [0.25, 0.3) is 0 Å². The highest BCUT2D eigenvalue weighted by Crippen LogP contribution is 2.36. The number of amides is 1. The predicted molar refractivity (Wildman–Crippen MR) is 44.6 cm³/mol. The van der Waals surface area contributed by atoms with E-state index in [9.17, 15) is 4.79 Å². The third kappa shape index (κ3) is 1.13. The van der Waals surface area contributed by atoms with Gasteiger partial charge >= 0.3 is 0 Å². The largest absolute Gasteiger partial charge is 0.384 e. The predicted octanol–water partition coefficient (Wildman–Crippen LogP) is 0.368. The second-order valence-corrected chi connectivity index (χ2v) is 2.89. The van der Waals surface area contributed by atoms with Crippen LogP contribution in [0.1, 0.15) is 18.9 Å². The Morgan fingerprint density at radius 3 is 3.08 bits per heavy atom. The topological polar surface area (TPSA) is 72.9 Å². The van der Waals surface area contributed by atoms with E-state index in [0.29, 0.717) is 24.1 Å². The van der Waals surface area contributed by atoms with Crippen LogP contribution < -0.4 is 11.1 Å². The summed E-state index contributed by atoms with van der Waals surface area (Å²) in [6.07, 6.45) is 2.86. The van der Waals surface area contributed by atoms with Gasteiger partial charge in [0, 0.05) is 6.07 Å². The van der Waals surface area contributed by atoms with Gasteiger partial charge < -0.3 is 11.1 Å². The SMILES string of the molecule is Nc1cc(NC=O)nn1C1CC1. The molecule has 0 radical (unpaired) electrons. The van der Waals surface area contributed by atoms with Crippen molar-refractivity contribution < 1.29 is 4.79 Å². The van der Waals surface area contributed by atoms with Crippen LogP contribution in [-0.4, -0.2) is 16.2 Å². The number of hydrogen-bond acceptors (Lipinski definition) is 3. The first-order chi connectivity index (χ1) is 5.81. The van der Waals surface area contributed by atoms with Crippen molar-refractivity contribution >= 4 is 18.0 Å². The fourth-order valence-corrected chi connectivity index (χ4v) is 1.15. The first-order valence-electron chi connectivity index (χ1n) is 3.86. The Balaban J connectivity index is 2.23. The van der Waals surface area contributed by atoms with Gasteiger partial charge in [-0.2, -0.15) is 5.10 Å². The third-order valence-electron chi connectivity index (χ3n) is 1.86. The second-order valence-electron chi connectivity index (χ2n) is 2.89. The number of hydrogen-bond donors (Lipinski definition) is 2. The van der Waals surface area contributed by atoms with E-state index in [4.69, 9.17) is 5.73 Å². The highest BCUT2D eigenvalue weighted by Gasteiger charge is 2.26. The van der Waals surface area contributed by atoms with Crippen molar-refractivity contribution in [2.24, 2.45) is 0 Å². The smallest absolute Gasteiger partial charge is 0.212 e. The molecule has 5 nitrogen and oxygen atoms in total. The molecule has 0 saturated heterocycles. The normalized spacial score (nSPS) is 16.0. The van der Waals surface area contributed by atoms with Gasteiger partial charge in [0.1, 0.15) is 5.82 Å². The molecule has 0 atom stereocenters. The molecule has 12 heavy (non-hydrogen) atoms. The molecule has 1 saturated carbocycles. The number of nitrogens with one attached hydrogen (secondary N) is 1. The molecule has 64 valence electrons. The zero-order valence-electron chi connectivity index (χ0n) is 6.53. The Morgan fingerprint density at radius 1 is 1.75 bits per heavy atom. The highest BCUT2D eigenvalue weighted by molar-refractivity contribution is 5.70. The molecule has 1 aromatic rings. The van der Waals surface area contributed by atoms with Crippen molar-refractivity contribution in [2.45, 2.75) is 18.9 Å². The number of nitrogens with two attached hydrogens (primary N) is 1. The summed E-state index contributed by atoms with van der Waals surface area (Å²) < 4.78 is 1.76. The van der Waals surface area contributed by atoms with Gasteiger partial charge in [0.2, 0.25) is 6.41 Å². The molecule has 0 spiro atoms. The lowest BCUT2D eigenvalue weighted by molar-refractivity contribution is -0.105. The quantitative estimate of drug-likeness (QED) is 0.637. The van der Waals surface area contributed by atoms with Crippen LogP contribution in [0.4, 0.5) is 11.6 Å². The lowest BCUT2D eigenvalue weighted by Crippen LogP contribution is -2.02. The molecule has 1 amide bonds. The Labute approximate surface area is 69.5 Å². The monoisotopic (exact) mass is 166 g/mol. The van der Waals surface area contributed by atoms with Crippen LogP contribution in [0.2, 0.25) is 0 Å². The summed E-state index contributed by atoms with van der Waals surface area (Å²) in [5, 5.41) is 6.57. The van der Waals surface area contributed by atoms with Crippen molar-refractivity contribution in [1.82, 2.24) is 9.78 Å². The van der Waals surface area contributed by atoms with Crippen LogP contribution >= 0.6 is 0 Å². The maximum atomic E-state index is 10.1. The van der Waals surface area contributed by atoms with Crippen molar-refractivity contribution in [3.8, 4) is 0 Å². The van der Waals surface area contributed by atoms with Crippen molar-refractivity contribution in [3.63, 3.8) is 0 Å². The number of nitrogen functional groups attached to an aromatic ring is 1. The van der Waals surface area contributed by atoms with Gasteiger partial charge in [0.25, 0.3) is 0 Å². The summed E-state index contributed by atoms with van der Waals surface area (Å²) >= 11 is 0. The van der Waals surface area contributed by atoms with Crippen molar-refractivity contribution in [2.75, 3.05) is 11.1 Å². The van der Waals surface area contributed by atoms with E-state index in [-0.39, 0.29) is 0 Å². The molecule has 1 aliphatic carbocycles. The molecule has 0 aliphatic heterocycles. The van der Waals surface area contributed by atoms with Gasteiger partial charge in [-0.3, -0.25) is 4.79 Å². The number of rotatable bonds is 3. The Morgan fingerprint density at radius 2 is 2.50 bits per heavy atom. The summed E-state index contributed by atoms with van der Waals surface area (Å²) in [6.45, 7) is 0. The van der Waals surface area contributed by atoms with Crippen LogP contribution in [-0.2, 0) is 4.79 Å². The molecule has 5 heteroatoms. The molecule has 1 aromatic heterocycles. The minimum atomic E-state index is 0.451. The molecule has 1 heterocycles. The molecular weight excluding hydrogens is 156 g/mol. The molecule has 0 bridgehead atoms. The molecular formula is C7H10N4O. The molecule has 3 N–H and O–H groups in total. The Kier molecular flexibility index (Phi) is 1.49. The standard InChI is InChI=1S/C7H10N4O/c8-6-3-7(9-4-12)10-11(6)5-1-2-5/h3-5H,1-2,8H2,(H,9,10,12). The summed E-state index contributed by atoms with van der Waals surface area (Å²) in [6, 6.07) is 2.11. The van der Waals surface area contributed by atoms with Gasteiger partial charge in [-0.1, -0.05) is 0 Å². The van der Waals surface area contributed by atoms with E-state index in [0.717, 1.165) is 12.8 Å². The fourth-order valence-electron chi connectivity index (χ4n) is 1.15. The maximum absolute atomic E-state index is 10.1. The first-order valence-corrected chi connectivity index (χ1v) is 3.86. The number of carbonyl (C=O) groups is 1. The van der Waals surface area contributed by atoms with Gasteiger partial charge in [0.15, 0.2) is 5.82 Å². The first kappa shape index (κ1) is 7.15. The fraction of sp³-hybridized carbons (Fsp3) is 0.429. The number of anilines is 2. The molecule has 1 fully saturated rings. The summed E-state index contributed by atoms with van der Waals surface area (Å²) in [5.74, 6) is 1.14. The van der Waals surface area contributed by atoms with Crippen LogP contribution in [0.5, 0.6) is 0 Å². The minimum absolute atomic E-state index is 0.451. The molecule has 0 unspecified atom stereocenters. The zero-order chi connectivity index (χ0) is 8.55. The number of aromatic nitrogens is 2. The number of nitrogens with zero attached hydrogens (tertiary/aromatic N) is 2. The van der Waals surface area contributed by atoms with E-state index < -0.39 is 0 Å². The Hall–Kier alpha value is -1.52. The summed E-state index contributed by atoms with van der Waals surface area (Å²) in [4.78, 5) is 10.1. The van der Waals surface area contributed by atoms with Crippen molar-refractivity contribution in [1.29, 1.82) is 0 Å². The van der Waals surface area contributed by atoms with Gasteiger partial charge in [0.05, 0.1) is 6.04 Å². The molecule has 2 rings (SSSR count). The second kappa shape index (κ2) is 2.51. The maximum Gasteiger partial charge on any atom is 0.212 e. The highest BCUT2D eigenvalue weighted by atomic mass is 16.1. The van der Waals surface area contributed by atoms with Crippen LogP contribution in [0.3, 0.4) is 0 Å². The average molecular weight is 166 g/mol. The van der Waals surface area contributed by atoms with E-state index in [2.05, 4.69) is 10.4 Å². The lowest BCUT2D eigenvalue weighted by Gasteiger charge is -1.97. The van der Waals surface area contributed by atoms with Crippen LogP contribution in [0, 0.1) is 0 Å². The van der Waals surface area contributed by atoms with E-state index in [1.54, 1.807) is 10.7 Å². The number of carbonyl (C=O) groups excluding carboxylic acids is 1. The molecule has 1 aliphatic rings. The van der Waals surface area contributed by atoms with Gasteiger partial charge in [-0.15, -0.1) is 0 Å². The van der Waals surface area contributed by atoms with Crippen LogP contribution in [0.15, 0.2) is 6.07 Å². The van der Waals surface area contributed by atoms with Crippen molar-refractivity contribution in [3.05, 3.63) is 6.07 Å². The summed E-state index contributed by atoms with van der Waals surface area (Å²) in [5.41, 5.74) is 5.66. The van der Waals surface area contributed by atoms with Gasteiger partial charge in [-0.05, 0) is 12.8 Å².